The van der Waals surface area contributed by atoms with Crippen molar-refractivity contribution in [2.45, 2.75) is 19.8 Å². The molecule has 1 fully saturated rings. The third-order valence-electron chi connectivity index (χ3n) is 2.58. The van der Waals surface area contributed by atoms with E-state index < -0.39 is 17.4 Å². The van der Waals surface area contributed by atoms with Gasteiger partial charge < -0.3 is 10.2 Å². The highest BCUT2D eigenvalue weighted by Gasteiger charge is 2.57. The minimum atomic E-state index is -1.49. The quantitative estimate of drug-likeness (QED) is 0.576. The molecule has 2 N–H and O–H groups in total. The van der Waals surface area contributed by atoms with Gasteiger partial charge in [-0.3, -0.25) is 9.59 Å². The fourth-order valence-corrected chi connectivity index (χ4v) is 1.45. The lowest BCUT2D eigenvalue weighted by atomic mass is 9.61. The number of carboxylic acid groups (broad SMARTS) is 2. The van der Waals surface area contributed by atoms with Crippen molar-refractivity contribution in [3.63, 3.8) is 0 Å². The van der Waals surface area contributed by atoms with Gasteiger partial charge in [0.15, 0.2) is 5.41 Å². The summed E-state index contributed by atoms with van der Waals surface area (Å²) in [4.78, 5) is 21.1. The first kappa shape index (κ1) is 8.04. The Hall–Kier alpha value is -1.06. The van der Waals surface area contributed by atoms with Crippen molar-refractivity contribution < 1.29 is 19.8 Å². The molecule has 0 unspecified atom stereocenters. The molecule has 0 aromatic carbocycles. The second-order valence-electron chi connectivity index (χ2n) is 3.02. The molecule has 11 heavy (non-hydrogen) atoms. The van der Waals surface area contributed by atoms with E-state index in [2.05, 4.69) is 0 Å². The molecule has 0 radical (unpaired) electrons. The van der Waals surface area contributed by atoms with Crippen LogP contribution in [-0.2, 0) is 9.59 Å². The molecule has 0 spiro atoms. The predicted octanol–water partition coefficient (Wildman–Crippen LogP) is 0.572. The number of aliphatic carboxylic acids is 2. The number of carboxylic acids is 2. The largest absolute Gasteiger partial charge is 0.480 e. The van der Waals surface area contributed by atoms with Gasteiger partial charge in [-0.1, -0.05) is 6.92 Å². The predicted molar refractivity (Wildman–Crippen MR) is 36.1 cm³/mol. The van der Waals surface area contributed by atoms with Crippen molar-refractivity contribution in [2.24, 2.45) is 11.3 Å². The zero-order chi connectivity index (χ0) is 8.65. The van der Waals surface area contributed by atoms with Crippen molar-refractivity contribution in [3.8, 4) is 0 Å². The molecule has 4 nitrogen and oxygen atoms in total. The molecule has 0 saturated heterocycles. The third kappa shape index (κ3) is 0.818. The Kier molecular flexibility index (Phi) is 1.62. The van der Waals surface area contributed by atoms with Crippen LogP contribution in [0.15, 0.2) is 0 Å². The second-order valence-corrected chi connectivity index (χ2v) is 3.02. The van der Waals surface area contributed by atoms with Gasteiger partial charge in [-0.15, -0.1) is 0 Å². The van der Waals surface area contributed by atoms with Crippen molar-refractivity contribution in [1.29, 1.82) is 0 Å². The molecule has 1 aliphatic rings. The van der Waals surface area contributed by atoms with Gasteiger partial charge in [0.2, 0.25) is 0 Å². The van der Waals surface area contributed by atoms with Crippen LogP contribution in [0, 0.1) is 11.3 Å². The van der Waals surface area contributed by atoms with Crippen LogP contribution >= 0.6 is 0 Å². The van der Waals surface area contributed by atoms with Crippen LogP contribution in [0.1, 0.15) is 19.8 Å². The fourth-order valence-electron chi connectivity index (χ4n) is 1.45. The molecule has 0 amide bonds. The summed E-state index contributed by atoms with van der Waals surface area (Å²) in [7, 11) is 0. The van der Waals surface area contributed by atoms with Crippen molar-refractivity contribution in [1.82, 2.24) is 0 Å². The SMILES string of the molecule is C[C@H]1CCC1(C(=O)O)C(=O)O. The molecule has 0 aliphatic heterocycles. The number of hydrogen-bond acceptors (Lipinski definition) is 2. The van der Waals surface area contributed by atoms with Crippen molar-refractivity contribution >= 4 is 11.9 Å². The van der Waals surface area contributed by atoms with Gasteiger partial charge in [0.05, 0.1) is 0 Å². The molecule has 62 valence electrons. The van der Waals surface area contributed by atoms with Gasteiger partial charge >= 0.3 is 11.9 Å². The highest BCUT2D eigenvalue weighted by Crippen LogP contribution is 2.46. The fraction of sp³-hybridized carbons (Fsp3) is 0.714. The van der Waals surface area contributed by atoms with Crippen LogP contribution in [0.5, 0.6) is 0 Å². The van der Waals surface area contributed by atoms with Gasteiger partial charge in [-0.2, -0.15) is 0 Å². The Labute approximate surface area is 63.8 Å². The van der Waals surface area contributed by atoms with Crippen LogP contribution in [0.25, 0.3) is 0 Å². The van der Waals surface area contributed by atoms with Gasteiger partial charge in [0, 0.05) is 0 Å². The summed E-state index contributed by atoms with van der Waals surface area (Å²) in [5, 5.41) is 17.3. The van der Waals surface area contributed by atoms with E-state index in [1.807, 2.05) is 0 Å². The van der Waals surface area contributed by atoms with E-state index in [0.717, 1.165) is 0 Å². The van der Waals surface area contributed by atoms with Crippen LogP contribution < -0.4 is 0 Å². The first-order valence-electron chi connectivity index (χ1n) is 3.48. The smallest absolute Gasteiger partial charge is 0.321 e. The van der Waals surface area contributed by atoms with E-state index in [-0.39, 0.29) is 12.3 Å². The van der Waals surface area contributed by atoms with Crippen LogP contribution in [-0.4, -0.2) is 22.2 Å². The highest BCUT2D eigenvalue weighted by molar-refractivity contribution is 5.99. The molecule has 0 aromatic heterocycles. The summed E-state index contributed by atoms with van der Waals surface area (Å²) in [5.74, 6) is -2.65. The number of rotatable bonds is 2. The summed E-state index contributed by atoms with van der Waals surface area (Å²) >= 11 is 0. The van der Waals surface area contributed by atoms with Crippen LogP contribution in [0.3, 0.4) is 0 Å². The van der Waals surface area contributed by atoms with Crippen molar-refractivity contribution in [3.05, 3.63) is 0 Å². The van der Waals surface area contributed by atoms with Crippen LogP contribution in [0.4, 0.5) is 0 Å². The Morgan fingerprint density at radius 2 is 1.82 bits per heavy atom. The average molecular weight is 158 g/mol. The third-order valence-corrected chi connectivity index (χ3v) is 2.58. The van der Waals surface area contributed by atoms with E-state index in [4.69, 9.17) is 10.2 Å². The number of hydrogen-bond donors (Lipinski definition) is 2. The lowest BCUT2D eigenvalue weighted by Gasteiger charge is -2.40. The van der Waals surface area contributed by atoms with Crippen LogP contribution in [0.2, 0.25) is 0 Å². The topological polar surface area (TPSA) is 74.6 Å². The van der Waals surface area contributed by atoms with E-state index in [1.54, 1.807) is 6.92 Å². The van der Waals surface area contributed by atoms with Gasteiger partial charge in [0.25, 0.3) is 0 Å². The molecule has 1 atom stereocenters. The zero-order valence-electron chi connectivity index (χ0n) is 6.20. The Bertz CT molecular complexity index is 194. The minimum absolute atomic E-state index is 0.238. The molecule has 1 aliphatic carbocycles. The zero-order valence-corrected chi connectivity index (χ0v) is 6.20. The molecular weight excluding hydrogens is 148 g/mol. The summed E-state index contributed by atoms with van der Waals surface area (Å²) in [6.45, 7) is 1.66. The molecule has 0 aromatic rings. The molecule has 0 bridgehead atoms. The molecule has 1 saturated carbocycles. The standard InChI is InChI=1S/C7H10O4/c1-4-2-3-7(4,5(8)9)6(10)11/h4H,2-3H2,1H3,(H,8,9)(H,10,11)/t4-/m0/s1. The summed E-state index contributed by atoms with van der Waals surface area (Å²) < 4.78 is 0. The van der Waals surface area contributed by atoms with Gasteiger partial charge in [-0.25, -0.2) is 0 Å². The van der Waals surface area contributed by atoms with E-state index in [1.165, 1.54) is 0 Å². The van der Waals surface area contributed by atoms with E-state index in [9.17, 15) is 9.59 Å². The first-order chi connectivity index (χ1) is 5.01. The normalized spacial score (nSPS) is 27.2. The summed E-state index contributed by atoms with van der Waals surface area (Å²) in [6, 6.07) is 0. The highest BCUT2D eigenvalue weighted by atomic mass is 16.4. The lowest BCUT2D eigenvalue weighted by Crippen LogP contribution is -2.51. The lowest BCUT2D eigenvalue weighted by molar-refractivity contribution is -0.177. The Morgan fingerprint density at radius 1 is 1.36 bits per heavy atom. The Morgan fingerprint density at radius 3 is 1.82 bits per heavy atom. The number of carbonyl (C=O) groups is 2. The van der Waals surface area contributed by atoms with Gasteiger partial charge in [0.1, 0.15) is 0 Å². The average Bonchev–Trinajstić information content (AvgIpc) is 1.83. The first-order valence-corrected chi connectivity index (χ1v) is 3.48. The minimum Gasteiger partial charge on any atom is -0.480 e. The maximum absolute atomic E-state index is 10.6. The molecule has 0 heterocycles. The second kappa shape index (κ2) is 2.22. The maximum Gasteiger partial charge on any atom is 0.321 e. The van der Waals surface area contributed by atoms with E-state index >= 15 is 0 Å². The maximum atomic E-state index is 10.6. The summed E-state index contributed by atoms with van der Waals surface area (Å²) in [5.41, 5.74) is -1.49. The molecule has 4 heteroatoms. The monoisotopic (exact) mass is 158 g/mol. The summed E-state index contributed by atoms with van der Waals surface area (Å²) in [6.07, 6.45) is 0.956. The Balaban J connectivity index is 2.90. The molecular formula is C7H10O4. The van der Waals surface area contributed by atoms with Crippen molar-refractivity contribution in [2.75, 3.05) is 0 Å². The van der Waals surface area contributed by atoms with E-state index in [0.29, 0.717) is 6.42 Å². The molecule has 1 rings (SSSR count). The van der Waals surface area contributed by atoms with Gasteiger partial charge in [-0.05, 0) is 18.8 Å².